The molecule has 1 heterocycles. The Kier molecular flexibility index (Phi) is 1.98. The molecule has 0 aromatic heterocycles. The molecule has 0 N–H and O–H groups in total. The second kappa shape index (κ2) is 2.97. The number of benzene rings is 1. The summed E-state index contributed by atoms with van der Waals surface area (Å²) in [4.78, 5) is 1.02. The molecule has 0 saturated carbocycles. The zero-order chi connectivity index (χ0) is 7.68. The highest BCUT2D eigenvalue weighted by Crippen LogP contribution is 2.34. The summed E-state index contributed by atoms with van der Waals surface area (Å²) in [5.41, 5.74) is 0.958. The van der Waals surface area contributed by atoms with Crippen LogP contribution in [0.4, 0.5) is 5.69 Å². The van der Waals surface area contributed by atoms with E-state index >= 15 is 0 Å². The average molecular weight is 203 g/mol. The minimum Gasteiger partial charge on any atom is -0.174 e. The van der Waals surface area contributed by atoms with Crippen molar-refractivity contribution in [1.82, 2.24) is 0 Å². The molecule has 0 bridgehead atoms. The standard InChI is InChI=1S/C6H3ClN2S2/c7-4-1-2-5-6(3-4)10-9-11-8-5/h1-3H. The van der Waals surface area contributed by atoms with E-state index in [9.17, 15) is 0 Å². The van der Waals surface area contributed by atoms with E-state index in [0.717, 1.165) is 15.6 Å². The topological polar surface area (TPSA) is 24.7 Å². The van der Waals surface area contributed by atoms with Gasteiger partial charge in [-0.3, -0.25) is 0 Å². The van der Waals surface area contributed by atoms with E-state index in [1.807, 2.05) is 18.2 Å². The van der Waals surface area contributed by atoms with Crippen LogP contribution in [0.15, 0.2) is 31.2 Å². The predicted molar refractivity (Wildman–Crippen MR) is 49.2 cm³/mol. The lowest BCUT2D eigenvalue weighted by Crippen LogP contribution is -1.74. The quantitative estimate of drug-likeness (QED) is 0.592. The Balaban J connectivity index is 2.60. The maximum atomic E-state index is 5.77. The first-order valence-electron chi connectivity index (χ1n) is 2.90. The molecule has 11 heavy (non-hydrogen) atoms. The highest BCUT2D eigenvalue weighted by molar-refractivity contribution is 8.01. The van der Waals surface area contributed by atoms with Crippen LogP contribution in [-0.4, -0.2) is 0 Å². The summed E-state index contributed by atoms with van der Waals surface area (Å²) in [6.45, 7) is 0. The highest BCUT2D eigenvalue weighted by atomic mass is 35.5. The van der Waals surface area contributed by atoms with Gasteiger partial charge in [0, 0.05) is 17.0 Å². The Bertz CT molecular complexity index is 358. The van der Waals surface area contributed by atoms with E-state index in [4.69, 9.17) is 11.6 Å². The van der Waals surface area contributed by atoms with Crippen molar-refractivity contribution in [3.05, 3.63) is 23.2 Å². The summed E-state index contributed by atoms with van der Waals surface area (Å²) in [5, 5.41) is 0.730. The molecule has 0 aliphatic carbocycles. The van der Waals surface area contributed by atoms with Crippen LogP contribution >= 0.6 is 23.5 Å². The summed E-state index contributed by atoms with van der Waals surface area (Å²) in [5.74, 6) is 0. The Hall–Kier alpha value is -0.320. The van der Waals surface area contributed by atoms with E-state index in [1.165, 1.54) is 23.3 Å². The Morgan fingerprint density at radius 1 is 1.36 bits per heavy atom. The number of hydrogen-bond acceptors (Lipinski definition) is 3. The lowest BCUT2D eigenvalue weighted by atomic mass is 10.3. The van der Waals surface area contributed by atoms with Crippen molar-refractivity contribution in [1.29, 1.82) is 0 Å². The van der Waals surface area contributed by atoms with Gasteiger partial charge in [-0.15, -0.1) is 3.77 Å². The molecule has 1 aliphatic rings. The van der Waals surface area contributed by atoms with Crippen molar-refractivity contribution >= 4 is 40.6 Å². The molecule has 56 valence electrons. The fourth-order valence-corrected chi connectivity index (χ4v) is 2.27. The fraction of sp³-hybridized carbons (Fsp3) is 0. The maximum Gasteiger partial charge on any atom is 0.0931 e. The van der Waals surface area contributed by atoms with Crippen molar-refractivity contribution in [2.24, 2.45) is 8.13 Å². The lowest BCUT2D eigenvalue weighted by molar-refractivity contribution is 1.39. The first kappa shape index (κ1) is 7.34. The number of halogens is 1. The predicted octanol–water partition coefficient (Wildman–Crippen LogP) is 3.44. The van der Waals surface area contributed by atoms with Crippen LogP contribution in [0.1, 0.15) is 0 Å². The largest absolute Gasteiger partial charge is 0.174 e. The molecule has 1 aliphatic heterocycles. The third kappa shape index (κ3) is 1.47. The van der Waals surface area contributed by atoms with Crippen molar-refractivity contribution in [2.75, 3.05) is 0 Å². The van der Waals surface area contributed by atoms with Gasteiger partial charge in [-0.25, -0.2) is 0 Å². The van der Waals surface area contributed by atoms with Crippen LogP contribution in [0.3, 0.4) is 0 Å². The summed E-state index contributed by atoms with van der Waals surface area (Å²) in [6.07, 6.45) is 0. The number of hydrogen-bond donors (Lipinski definition) is 0. The van der Waals surface area contributed by atoms with Crippen LogP contribution in [0, 0.1) is 0 Å². The van der Waals surface area contributed by atoms with Gasteiger partial charge in [0.25, 0.3) is 0 Å². The summed E-state index contributed by atoms with van der Waals surface area (Å²) in [6, 6.07) is 5.59. The van der Waals surface area contributed by atoms with Crippen LogP contribution < -0.4 is 0 Å². The van der Waals surface area contributed by atoms with Crippen molar-refractivity contribution in [3.63, 3.8) is 0 Å². The van der Waals surface area contributed by atoms with Gasteiger partial charge in [0.15, 0.2) is 0 Å². The van der Waals surface area contributed by atoms with Gasteiger partial charge in [0.05, 0.1) is 21.9 Å². The maximum absolute atomic E-state index is 5.77. The van der Waals surface area contributed by atoms with Gasteiger partial charge in [0.1, 0.15) is 0 Å². The van der Waals surface area contributed by atoms with Crippen molar-refractivity contribution < 1.29 is 0 Å². The van der Waals surface area contributed by atoms with Gasteiger partial charge in [-0.05, 0) is 18.2 Å². The molecule has 1 aromatic carbocycles. The van der Waals surface area contributed by atoms with Crippen LogP contribution in [0.5, 0.6) is 0 Å². The molecule has 0 unspecified atom stereocenters. The van der Waals surface area contributed by atoms with Crippen LogP contribution in [0.25, 0.3) is 0 Å². The normalized spacial score (nSPS) is 13.9. The van der Waals surface area contributed by atoms with E-state index in [1.54, 1.807) is 0 Å². The van der Waals surface area contributed by atoms with Crippen LogP contribution in [0.2, 0.25) is 5.02 Å². The SMILES string of the molecule is Clc1ccc2c(c1)SN=S=N2. The zero-order valence-corrected chi connectivity index (χ0v) is 7.71. The third-order valence-corrected chi connectivity index (χ3v) is 2.83. The first-order valence-corrected chi connectivity index (χ1v) is 4.78. The molecule has 0 atom stereocenters. The van der Waals surface area contributed by atoms with Crippen molar-refractivity contribution in [2.45, 2.75) is 4.90 Å². The molecular weight excluding hydrogens is 200 g/mol. The Morgan fingerprint density at radius 2 is 2.27 bits per heavy atom. The van der Waals surface area contributed by atoms with Gasteiger partial charge in [-0.2, -0.15) is 4.36 Å². The molecule has 0 spiro atoms. The summed E-state index contributed by atoms with van der Waals surface area (Å²) >= 11 is 8.40. The third-order valence-electron chi connectivity index (χ3n) is 1.23. The van der Waals surface area contributed by atoms with Gasteiger partial charge >= 0.3 is 0 Å². The zero-order valence-electron chi connectivity index (χ0n) is 5.32. The minimum atomic E-state index is 0.730. The number of nitrogens with zero attached hydrogens (tertiary/aromatic N) is 2. The molecule has 5 heteroatoms. The smallest absolute Gasteiger partial charge is 0.0931 e. The van der Waals surface area contributed by atoms with Crippen molar-refractivity contribution in [3.8, 4) is 0 Å². The lowest BCUT2D eigenvalue weighted by Gasteiger charge is -2.01. The molecule has 0 radical (unpaired) electrons. The molecular formula is C6H3ClN2S2. The molecule has 2 rings (SSSR count). The second-order valence-electron chi connectivity index (χ2n) is 1.95. The molecule has 0 fully saturated rings. The molecule has 0 saturated heterocycles. The average Bonchev–Trinajstić information content (AvgIpc) is 2.04. The molecule has 0 amide bonds. The van der Waals surface area contributed by atoms with E-state index in [0.29, 0.717) is 0 Å². The number of fused-ring (bicyclic) bond motifs is 1. The Morgan fingerprint density at radius 3 is 3.18 bits per heavy atom. The van der Waals surface area contributed by atoms with Crippen LogP contribution in [-0.2, 0) is 11.4 Å². The summed E-state index contributed by atoms with van der Waals surface area (Å²) < 4.78 is 8.07. The van der Waals surface area contributed by atoms with E-state index in [-0.39, 0.29) is 0 Å². The number of rotatable bonds is 0. The monoisotopic (exact) mass is 202 g/mol. The Labute approximate surface area is 77.0 Å². The van der Waals surface area contributed by atoms with Gasteiger partial charge < -0.3 is 0 Å². The van der Waals surface area contributed by atoms with Gasteiger partial charge in [0.2, 0.25) is 0 Å². The first-order chi connectivity index (χ1) is 5.36. The minimum absolute atomic E-state index is 0.730. The second-order valence-corrected chi connectivity index (χ2v) is 3.95. The van der Waals surface area contributed by atoms with E-state index in [2.05, 4.69) is 8.13 Å². The summed E-state index contributed by atoms with van der Waals surface area (Å²) in [7, 11) is 0. The molecule has 2 nitrogen and oxygen atoms in total. The fourth-order valence-electron chi connectivity index (χ4n) is 0.754. The molecule has 1 aromatic rings. The van der Waals surface area contributed by atoms with E-state index < -0.39 is 0 Å². The highest BCUT2D eigenvalue weighted by Gasteiger charge is 2.04. The van der Waals surface area contributed by atoms with Gasteiger partial charge in [-0.1, -0.05) is 11.6 Å².